The molecule has 1 amide bonds. The Morgan fingerprint density at radius 2 is 2.00 bits per heavy atom. The van der Waals surface area contributed by atoms with E-state index in [4.69, 9.17) is 4.42 Å². The van der Waals surface area contributed by atoms with Crippen LogP contribution in [0, 0.1) is 0 Å². The summed E-state index contributed by atoms with van der Waals surface area (Å²) in [6.45, 7) is 5.75. The molecule has 1 aromatic heterocycles. The molecule has 3 rings (SSSR count). The van der Waals surface area contributed by atoms with Crippen molar-refractivity contribution in [3.05, 3.63) is 59.5 Å². The van der Waals surface area contributed by atoms with Gasteiger partial charge < -0.3 is 20.0 Å². The van der Waals surface area contributed by atoms with Crippen LogP contribution in [0.1, 0.15) is 36.7 Å². The number of amides is 1. The molecule has 170 valence electrons. The second-order valence-corrected chi connectivity index (χ2v) is 7.77. The highest BCUT2D eigenvalue weighted by Crippen LogP contribution is 2.14. The first-order valence-electron chi connectivity index (χ1n) is 10.6. The van der Waals surface area contributed by atoms with E-state index >= 15 is 0 Å². The minimum atomic E-state index is 0. The molecule has 1 aromatic carbocycles. The fourth-order valence-electron chi connectivity index (χ4n) is 3.79. The van der Waals surface area contributed by atoms with Gasteiger partial charge in [-0.25, -0.2) is 0 Å². The number of hydrogen-bond donors (Lipinski definition) is 2. The van der Waals surface area contributed by atoms with Crippen LogP contribution in [0.15, 0.2) is 52.1 Å². The standard InChI is InChI=1S/C23H33N5O2.HI/c1-4-22(29)28-12-11-20(16-28)26-23(24-2)25-14-18-8-5-6-9-19(18)15-27(3)17-21-10-7-13-30-21;/h5-10,13,20H,4,11-12,14-17H2,1-3H3,(H2,24,25,26);1H. The molecule has 1 saturated heterocycles. The Bertz CT molecular complexity index is 840. The molecule has 1 atom stereocenters. The number of rotatable bonds is 8. The van der Waals surface area contributed by atoms with Crippen molar-refractivity contribution < 1.29 is 9.21 Å². The van der Waals surface area contributed by atoms with E-state index in [-0.39, 0.29) is 35.9 Å². The van der Waals surface area contributed by atoms with Gasteiger partial charge in [-0.05, 0) is 36.7 Å². The molecule has 1 aliphatic heterocycles. The highest BCUT2D eigenvalue weighted by molar-refractivity contribution is 14.0. The van der Waals surface area contributed by atoms with E-state index in [2.05, 4.69) is 51.8 Å². The van der Waals surface area contributed by atoms with Crippen molar-refractivity contribution in [1.82, 2.24) is 20.4 Å². The number of guanidine groups is 1. The number of benzene rings is 1. The van der Waals surface area contributed by atoms with Crippen LogP contribution in [-0.2, 0) is 24.4 Å². The maximum atomic E-state index is 11.9. The number of furan rings is 1. The molecule has 0 aliphatic carbocycles. The molecule has 7 nitrogen and oxygen atoms in total. The summed E-state index contributed by atoms with van der Waals surface area (Å²) in [5.41, 5.74) is 2.51. The molecule has 31 heavy (non-hydrogen) atoms. The molecule has 2 aromatic rings. The van der Waals surface area contributed by atoms with Gasteiger partial charge in [-0.15, -0.1) is 24.0 Å². The smallest absolute Gasteiger partial charge is 0.222 e. The largest absolute Gasteiger partial charge is 0.468 e. The minimum Gasteiger partial charge on any atom is -0.468 e. The molecule has 1 unspecified atom stereocenters. The first-order chi connectivity index (χ1) is 14.6. The molecule has 0 spiro atoms. The van der Waals surface area contributed by atoms with Gasteiger partial charge in [0.1, 0.15) is 5.76 Å². The average Bonchev–Trinajstić information content (AvgIpc) is 3.43. The van der Waals surface area contributed by atoms with Crippen molar-refractivity contribution >= 4 is 35.8 Å². The number of carbonyl (C=O) groups excluding carboxylic acids is 1. The van der Waals surface area contributed by atoms with Crippen molar-refractivity contribution in [2.75, 3.05) is 27.2 Å². The van der Waals surface area contributed by atoms with Gasteiger partial charge in [0.15, 0.2) is 5.96 Å². The van der Waals surface area contributed by atoms with Crippen molar-refractivity contribution in [2.24, 2.45) is 4.99 Å². The third kappa shape index (κ3) is 7.53. The summed E-state index contributed by atoms with van der Waals surface area (Å²) in [6, 6.07) is 12.6. The Kier molecular flexibility index (Phi) is 10.3. The van der Waals surface area contributed by atoms with E-state index in [1.54, 1.807) is 13.3 Å². The molecule has 1 aliphatic rings. The molecule has 1 fully saturated rings. The highest BCUT2D eigenvalue weighted by Gasteiger charge is 2.25. The number of hydrogen-bond acceptors (Lipinski definition) is 4. The fraction of sp³-hybridized carbons (Fsp3) is 0.478. The molecular formula is C23H34IN5O2. The van der Waals surface area contributed by atoms with Crippen LogP contribution >= 0.6 is 24.0 Å². The van der Waals surface area contributed by atoms with Crippen LogP contribution in [0.2, 0.25) is 0 Å². The van der Waals surface area contributed by atoms with Crippen molar-refractivity contribution in [1.29, 1.82) is 0 Å². The van der Waals surface area contributed by atoms with Crippen LogP contribution in [0.3, 0.4) is 0 Å². The zero-order valence-electron chi connectivity index (χ0n) is 18.6. The molecule has 8 heteroatoms. The minimum absolute atomic E-state index is 0. The van der Waals surface area contributed by atoms with Crippen molar-refractivity contribution in [3.8, 4) is 0 Å². The van der Waals surface area contributed by atoms with Crippen LogP contribution in [0.25, 0.3) is 0 Å². The maximum absolute atomic E-state index is 11.9. The van der Waals surface area contributed by atoms with Gasteiger partial charge in [0.05, 0.1) is 12.8 Å². The van der Waals surface area contributed by atoms with E-state index in [9.17, 15) is 4.79 Å². The van der Waals surface area contributed by atoms with Gasteiger partial charge in [0, 0.05) is 45.7 Å². The molecule has 0 saturated carbocycles. The molecule has 0 radical (unpaired) electrons. The lowest BCUT2D eigenvalue weighted by molar-refractivity contribution is -0.129. The maximum Gasteiger partial charge on any atom is 0.222 e. The van der Waals surface area contributed by atoms with Crippen LogP contribution < -0.4 is 10.6 Å². The fourth-order valence-corrected chi connectivity index (χ4v) is 3.79. The topological polar surface area (TPSA) is 73.1 Å². The van der Waals surface area contributed by atoms with Gasteiger partial charge in [0.25, 0.3) is 0 Å². The summed E-state index contributed by atoms with van der Waals surface area (Å²) in [5.74, 6) is 1.95. The van der Waals surface area contributed by atoms with E-state index < -0.39 is 0 Å². The number of likely N-dealkylation sites (tertiary alicyclic amines) is 1. The lowest BCUT2D eigenvalue weighted by Gasteiger charge is -2.20. The van der Waals surface area contributed by atoms with E-state index in [1.165, 1.54) is 11.1 Å². The average molecular weight is 539 g/mol. The number of carbonyl (C=O) groups is 1. The van der Waals surface area contributed by atoms with Crippen LogP contribution in [0.4, 0.5) is 0 Å². The monoisotopic (exact) mass is 539 g/mol. The van der Waals surface area contributed by atoms with Crippen LogP contribution in [0.5, 0.6) is 0 Å². The summed E-state index contributed by atoms with van der Waals surface area (Å²) in [4.78, 5) is 20.4. The highest BCUT2D eigenvalue weighted by atomic mass is 127. The summed E-state index contributed by atoms with van der Waals surface area (Å²) >= 11 is 0. The SMILES string of the molecule is CCC(=O)N1CCC(NC(=NC)NCc2ccccc2CN(C)Cc2ccco2)C1.I. The number of nitrogens with zero attached hydrogens (tertiary/aromatic N) is 3. The number of aliphatic imine (C=N–C) groups is 1. The first-order valence-corrected chi connectivity index (χ1v) is 10.6. The Hall–Kier alpha value is -2.07. The zero-order valence-corrected chi connectivity index (χ0v) is 21.0. The molecule has 2 N–H and O–H groups in total. The quantitative estimate of drug-likeness (QED) is 0.306. The van der Waals surface area contributed by atoms with Gasteiger partial charge in [0.2, 0.25) is 5.91 Å². The Morgan fingerprint density at radius 1 is 1.23 bits per heavy atom. The predicted molar refractivity (Wildman–Crippen MR) is 134 cm³/mol. The number of halogens is 1. The van der Waals surface area contributed by atoms with Gasteiger partial charge in [-0.2, -0.15) is 0 Å². The lowest BCUT2D eigenvalue weighted by atomic mass is 10.1. The van der Waals surface area contributed by atoms with Gasteiger partial charge in [-0.3, -0.25) is 14.7 Å². The first kappa shape index (κ1) is 25.2. The van der Waals surface area contributed by atoms with E-state index in [1.807, 2.05) is 24.0 Å². The second-order valence-electron chi connectivity index (χ2n) is 7.77. The third-order valence-corrected chi connectivity index (χ3v) is 5.42. The predicted octanol–water partition coefficient (Wildman–Crippen LogP) is 3.21. The number of nitrogens with one attached hydrogen (secondary N) is 2. The van der Waals surface area contributed by atoms with Crippen LogP contribution in [-0.4, -0.2) is 54.9 Å². The summed E-state index contributed by atoms with van der Waals surface area (Å²) in [5, 5.41) is 6.89. The van der Waals surface area contributed by atoms with E-state index in [0.717, 1.165) is 44.3 Å². The van der Waals surface area contributed by atoms with Crippen molar-refractivity contribution in [2.45, 2.75) is 45.4 Å². The molecule has 2 heterocycles. The third-order valence-electron chi connectivity index (χ3n) is 5.42. The lowest BCUT2D eigenvalue weighted by Crippen LogP contribution is -2.44. The normalized spacial score (nSPS) is 16.3. The second kappa shape index (κ2) is 12.7. The summed E-state index contributed by atoms with van der Waals surface area (Å²) in [6.07, 6.45) is 3.22. The molecular weight excluding hydrogens is 505 g/mol. The summed E-state index contributed by atoms with van der Waals surface area (Å²) in [7, 11) is 3.87. The van der Waals surface area contributed by atoms with Gasteiger partial charge >= 0.3 is 0 Å². The molecule has 0 bridgehead atoms. The van der Waals surface area contributed by atoms with Crippen molar-refractivity contribution in [3.63, 3.8) is 0 Å². The zero-order chi connectivity index (χ0) is 21.3. The van der Waals surface area contributed by atoms with E-state index in [0.29, 0.717) is 13.0 Å². The van der Waals surface area contributed by atoms with Gasteiger partial charge in [-0.1, -0.05) is 31.2 Å². The Balaban J connectivity index is 0.00000341. The Morgan fingerprint density at radius 3 is 2.68 bits per heavy atom. The summed E-state index contributed by atoms with van der Waals surface area (Å²) < 4.78 is 5.46. The Labute approximate surface area is 202 Å².